The summed E-state index contributed by atoms with van der Waals surface area (Å²) < 4.78 is 4.40. The maximum Gasteiger partial charge on any atom is 0.411 e. The Bertz CT molecular complexity index is 364. The lowest BCUT2D eigenvalue weighted by atomic mass is 10.2. The van der Waals surface area contributed by atoms with E-state index in [2.05, 4.69) is 31.0 Å². The van der Waals surface area contributed by atoms with Gasteiger partial charge in [-0.2, -0.15) is 0 Å². The molecule has 1 heterocycles. The molecule has 1 aromatic rings. The Morgan fingerprint density at radius 1 is 1.53 bits per heavy atom. The van der Waals surface area contributed by atoms with Gasteiger partial charge < -0.3 is 4.74 Å². The van der Waals surface area contributed by atoms with Gasteiger partial charge in [0.25, 0.3) is 0 Å². The number of rotatable bonds is 3. The van der Waals surface area contributed by atoms with Gasteiger partial charge >= 0.3 is 6.09 Å². The van der Waals surface area contributed by atoms with Crippen molar-refractivity contribution in [3.05, 3.63) is 24.0 Å². The zero-order valence-electron chi connectivity index (χ0n) is 7.99. The highest BCUT2D eigenvalue weighted by Gasteiger charge is 2.06. The summed E-state index contributed by atoms with van der Waals surface area (Å²) in [5.74, 6) is -0.111. The number of anilines is 1. The molecule has 1 N–H and O–H groups in total. The number of pyridine rings is 1. The fraction of sp³-hybridized carbons (Fsp3) is 0.222. The third-order valence-electron chi connectivity index (χ3n) is 1.60. The molecule has 0 spiro atoms. The zero-order chi connectivity index (χ0) is 11.3. The zero-order valence-corrected chi connectivity index (χ0v) is 9.58. The van der Waals surface area contributed by atoms with Gasteiger partial charge in [0.15, 0.2) is 5.78 Å². The largest absolute Gasteiger partial charge is 0.453 e. The summed E-state index contributed by atoms with van der Waals surface area (Å²) in [6.45, 7) is 0. The molecule has 1 amide bonds. The molecule has 5 nitrogen and oxygen atoms in total. The molecule has 0 aromatic carbocycles. The van der Waals surface area contributed by atoms with Gasteiger partial charge in [-0.15, -0.1) is 0 Å². The van der Waals surface area contributed by atoms with E-state index in [1.807, 2.05) is 0 Å². The minimum Gasteiger partial charge on any atom is -0.453 e. The van der Waals surface area contributed by atoms with Crippen LogP contribution in [0.5, 0.6) is 0 Å². The molecule has 0 saturated heterocycles. The molecule has 0 atom stereocenters. The van der Waals surface area contributed by atoms with Crippen molar-refractivity contribution in [1.82, 2.24) is 4.98 Å². The summed E-state index contributed by atoms with van der Waals surface area (Å²) in [5, 5.41) is 2.66. The van der Waals surface area contributed by atoms with Gasteiger partial charge in [-0.3, -0.25) is 15.1 Å². The average Bonchev–Trinajstić information content (AvgIpc) is 2.29. The van der Waals surface area contributed by atoms with Crippen LogP contribution in [0.15, 0.2) is 18.3 Å². The number of amides is 1. The Balaban J connectivity index is 2.72. The van der Waals surface area contributed by atoms with Gasteiger partial charge in [-0.05, 0) is 12.1 Å². The third-order valence-corrected chi connectivity index (χ3v) is 2.11. The van der Waals surface area contributed by atoms with E-state index >= 15 is 0 Å². The van der Waals surface area contributed by atoms with Crippen molar-refractivity contribution in [3.63, 3.8) is 0 Å². The van der Waals surface area contributed by atoms with Gasteiger partial charge in [-0.1, -0.05) is 15.9 Å². The predicted octanol–water partition coefficient (Wildman–Crippen LogP) is 1.84. The van der Waals surface area contributed by atoms with Crippen molar-refractivity contribution in [3.8, 4) is 0 Å². The Labute approximate surface area is 95.0 Å². The highest BCUT2D eigenvalue weighted by atomic mass is 79.9. The number of ketones is 1. The molecule has 0 fully saturated rings. The summed E-state index contributed by atoms with van der Waals surface area (Å²) in [7, 11) is 1.27. The minimum absolute atomic E-state index is 0.111. The fourth-order valence-corrected chi connectivity index (χ4v) is 1.16. The van der Waals surface area contributed by atoms with Crippen molar-refractivity contribution in [2.75, 3.05) is 17.8 Å². The first-order valence-corrected chi connectivity index (χ1v) is 5.19. The van der Waals surface area contributed by atoms with Crippen LogP contribution >= 0.6 is 15.9 Å². The lowest BCUT2D eigenvalue weighted by molar-refractivity contribution is 0.101. The molecule has 0 aliphatic carbocycles. The number of methoxy groups -OCH3 is 1. The number of ether oxygens (including phenoxy) is 1. The maximum atomic E-state index is 11.2. The monoisotopic (exact) mass is 272 g/mol. The van der Waals surface area contributed by atoms with E-state index < -0.39 is 6.09 Å². The number of hydrogen-bond donors (Lipinski definition) is 1. The first-order chi connectivity index (χ1) is 7.17. The van der Waals surface area contributed by atoms with E-state index in [1.54, 1.807) is 6.07 Å². The summed E-state index contributed by atoms with van der Waals surface area (Å²) in [6.07, 6.45) is 0.823. The van der Waals surface area contributed by atoms with Crippen LogP contribution in [0, 0.1) is 0 Å². The Morgan fingerprint density at radius 2 is 2.27 bits per heavy atom. The normalized spacial score (nSPS) is 9.47. The Hall–Kier alpha value is -1.43. The van der Waals surface area contributed by atoms with Crippen LogP contribution in [-0.2, 0) is 4.74 Å². The van der Waals surface area contributed by atoms with E-state index in [9.17, 15) is 9.59 Å². The number of carbonyl (C=O) groups excluding carboxylic acids is 2. The molecule has 80 valence electrons. The molecular weight excluding hydrogens is 264 g/mol. The van der Waals surface area contributed by atoms with Crippen LogP contribution in [0.3, 0.4) is 0 Å². The van der Waals surface area contributed by atoms with Gasteiger partial charge in [0.2, 0.25) is 0 Å². The number of nitrogens with zero attached hydrogens (tertiary/aromatic N) is 1. The SMILES string of the molecule is COC(=O)Nc1ccc(C(=O)CBr)nc1. The van der Waals surface area contributed by atoms with Crippen LogP contribution < -0.4 is 5.32 Å². The predicted molar refractivity (Wildman–Crippen MR) is 58.4 cm³/mol. The molecule has 1 aromatic heterocycles. The number of Topliss-reactive ketones (excluding diaryl/α,β-unsaturated/α-hetero) is 1. The van der Waals surface area contributed by atoms with Gasteiger partial charge in [0, 0.05) is 0 Å². The number of nitrogens with one attached hydrogen (secondary N) is 1. The first-order valence-electron chi connectivity index (χ1n) is 4.07. The van der Waals surface area contributed by atoms with Crippen molar-refractivity contribution in [1.29, 1.82) is 0 Å². The summed E-state index contributed by atoms with van der Waals surface area (Å²) in [5.41, 5.74) is 0.829. The van der Waals surface area contributed by atoms with E-state index in [4.69, 9.17) is 0 Å². The molecular formula is C9H9BrN2O3. The summed E-state index contributed by atoms with van der Waals surface area (Å²) in [6, 6.07) is 3.12. The Kier molecular flexibility index (Phi) is 4.23. The topological polar surface area (TPSA) is 68.3 Å². The second-order valence-electron chi connectivity index (χ2n) is 2.61. The van der Waals surface area contributed by atoms with Crippen molar-refractivity contribution in [2.45, 2.75) is 0 Å². The second kappa shape index (κ2) is 5.45. The number of carbonyl (C=O) groups is 2. The van der Waals surface area contributed by atoms with E-state index in [0.717, 1.165) is 0 Å². The van der Waals surface area contributed by atoms with Crippen molar-refractivity contribution in [2.24, 2.45) is 0 Å². The number of alkyl halides is 1. The standard InChI is InChI=1S/C9H9BrN2O3/c1-15-9(14)12-6-2-3-7(11-5-6)8(13)4-10/h2-3,5H,4H2,1H3,(H,12,14). The molecule has 15 heavy (non-hydrogen) atoms. The van der Waals surface area contributed by atoms with Crippen molar-refractivity contribution >= 4 is 33.5 Å². The van der Waals surface area contributed by atoms with Crippen molar-refractivity contribution < 1.29 is 14.3 Å². The van der Waals surface area contributed by atoms with E-state index in [-0.39, 0.29) is 11.1 Å². The number of hydrogen-bond acceptors (Lipinski definition) is 4. The summed E-state index contributed by atoms with van der Waals surface area (Å²) >= 11 is 3.04. The molecule has 0 saturated carbocycles. The van der Waals surface area contributed by atoms with Crippen LogP contribution in [0.25, 0.3) is 0 Å². The highest BCUT2D eigenvalue weighted by Crippen LogP contribution is 2.07. The minimum atomic E-state index is -0.573. The number of halogens is 1. The first kappa shape index (κ1) is 11.6. The molecule has 0 unspecified atom stereocenters. The average molecular weight is 273 g/mol. The molecule has 0 bridgehead atoms. The van der Waals surface area contributed by atoms with Crippen LogP contribution in [0.2, 0.25) is 0 Å². The van der Waals surface area contributed by atoms with Gasteiger partial charge in [0.05, 0.1) is 24.3 Å². The lowest BCUT2D eigenvalue weighted by Gasteiger charge is -2.03. The quantitative estimate of drug-likeness (QED) is 0.674. The van der Waals surface area contributed by atoms with Crippen LogP contribution in [0.4, 0.5) is 10.5 Å². The molecule has 0 radical (unpaired) electrons. The van der Waals surface area contributed by atoms with Gasteiger partial charge in [0.1, 0.15) is 5.69 Å². The van der Waals surface area contributed by atoms with Gasteiger partial charge in [-0.25, -0.2) is 4.79 Å². The van der Waals surface area contributed by atoms with Crippen LogP contribution in [-0.4, -0.2) is 29.3 Å². The van der Waals surface area contributed by atoms with E-state index in [0.29, 0.717) is 11.4 Å². The number of aromatic nitrogens is 1. The second-order valence-corrected chi connectivity index (χ2v) is 3.17. The Morgan fingerprint density at radius 3 is 2.73 bits per heavy atom. The smallest absolute Gasteiger partial charge is 0.411 e. The van der Waals surface area contributed by atoms with E-state index in [1.165, 1.54) is 19.4 Å². The molecule has 1 rings (SSSR count). The third kappa shape index (κ3) is 3.32. The fourth-order valence-electron chi connectivity index (χ4n) is 0.870. The summed E-state index contributed by atoms with van der Waals surface area (Å²) in [4.78, 5) is 25.9. The maximum absolute atomic E-state index is 11.2. The van der Waals surface area contributed by atoms with Crippen LogP contribution in [0.1, 0.15) is 10.5 Å². The lowest BCUT2D eigenvalue weighted by Crippen LogP contribution is -2.11. The highest BCUT2D eigenvalue weighted by molar-refractivity contribution is 9.09. The molecule has 0 aliphatic rings. The molecule has 6 heteroatoms. The molecule has 0 aliphatic heterocycles.